The SMILES string of the molecule is [C-]#[N+]/C(C#N)=C1\CC(C)(C)CC(NCCCCCCCC2=C(C#N)C(=C(C#N)C#N)CC(C)(C)C2)=C1OCCOC. The Morgan fingerprint density at radius 3 is 2.10 bits per heavy atom. The number of allylic oxidation sites excluding steroid dienone is 7. The molecule has 0 radical (unpaired) electrons. The molecule has 2 aliphatic rings. The largest absolute Gasteiger partial charge is 0.490 e. The van der Waals surface area contributed by atoms with Gasteiger partial charge in [-0.2, -0.15) is 15.8 Å². The number of hydrogen-bond donors (Lipinski definition) is 1. The molecule has 0 saturated carbocycles. The molecule has 216 valence electrons. The molecule has 0 fully saturated rings. The first-order chi connectivity index (χ1) is 19.6. The van der Waals surface area contributed by atoms with Crippen LogP contribution in [0, 0.1) is 62.7 Å². The maximum atomic E-state index is 9.82. The van der Waals surface area contributed by atoms with E-state index in [1.54, 1.807) is 7.11 Å². The molecule has 0 aromatic carbocycles. The lowest BCUT2D eigenvalue weighted by Gasteiger charge is -2.35. The normalized spacial score (nSPS) is 18.8. The van der Waals surface area contributed by atoms with Crippen LogP contribution < -0.4 is 5.32 Å². The first-order valence-electron chi connectivity index (χ1n) is 14.3. The van der Waals surface area contributed by atoms with E-state index in [1.807, 2.05) is 18.2 Å². The van der Waals surface area contributed by atoms with Gasteiger partial charge < -0.3 is 14.8 Å². The van der Waals surface area contributed by atoms with Crippen LogP contribution in [0.4, 0.5) is 0 Å². The summed E-state index contributed by atoms with van der Waals surface area (Å²) in [6.07, 6.45) is 8.66. The molecule has 2 rings (SSSR count). The second-order valence-corrected chi connectivity index (χ2v) is 12.3. The van der Waals surface area contributed by atoms with Crippen LogP contribution in [0.25, 0.3) is 4.85 Å². The molecule has 0 spiro atoms. The van der Waals surface area contributed by atoms with E-state index in [2.05, 4.69) is 43.9 Å². The molecule has 41 heavy (non-hydrogen) atoms. The van der Waals surface area contributed by atoms with Crippen LogP contribution in [-0.4, -0.2) is 26.9 Å². The summed E-state index contributed by atoms with van der Waals surface area (Å²) in [5, 5.41) is 41.7. The maximum Gasteiger partial charge on any atom is 0.268 e. The minimum Gasteiger partial charge on any atom is -0.490 e. The summed E-state index contributed by atoms with van der Waals surface area (Å²) in [6.45, 7) is 17.5. The van der Waals surface area contributed by atoms with Gasteiger partial charge in [-0.1, -0.05) is 52.5 Å². The zero-order chi connectivity index (χ0) is 30.5. The molecule has 0 unspecified atom stereocenters. The van der Waals surface area contributed by atoms with E-state index in [9.17, 15) is 21.0 Å². The molecule has 0 amide bonds. The number of nitrogens with one attached hydrogen (secondary N) is 1. The molecule has 8 heteroatoms. The zero-order valence-electron chi connectivity index (χ0n) is 25.2. The summed E-state index contributed by atoms with van der Waals surface area (Å²) in [5.74, 6) is 0.621. The van der Waals surface area contributed by atoms with Crippen molar-refractivity contribution in [3.05, 3.63) is 56.4 Å². The Labute approximate surface area is 246 Å². The van der Waals surface area contributed by atoms with Crippen LogP contribution in [0.2, 0.25) is 0 Å². The van der Waals surface area contributed by atoms with Gasteiger partial charge in [-0.25, -0.2) is 10.1 Å². The fourth-order valence-corrected chi connectivity index (χ4v) is 5.73. The van der Waals surface area contributed by atoms with Crippen molar-refractivity contribution in [2.24, 2.45) is 10.8 Å². The van der Waals surface area contributed by atoms with Gasteiger partial charge in [-0.3, -0.25) is 0 Å². The highest BCUT2D eigenvalue weighted by Gasteiger charge is 2.34. The second kappa shape index (κ2) is 15.7. The Balaban J connectivity index is 1.98. The van der Waals surface area contributed by atoms with E-state index in [4.69, 9.17) is 16.0 Å². The number of rotatable bonds is 13. The van der Waals surface area contributed by atoms with Gasteiger partial charge in [0.1, 0.15) is 30.1 Å². The van der Waals surface area contributed by atoms with Crippen LogP contribution in [0.3, 0.4) is 0 Å². The van der Waals surface area contributed by atoms with Crippen LogP contribution in [0.1, 0.15) is 91.9 Å². The monoisotopic (exact) mass is 554 g/mol. The molecule has 0 bridgehead atoms. The first-order valence-corrected chi connectivity index (χ1v) is 14.3. The van der Waals surface area contributed by atoms with E-state index in [-0.39, 0.29) is 22.1 Å². The smallest absolute Gasteiger partial charge is 0.268 e. The number of ether oxygens (including phenoxy) is 2. The lowest BCUT2D eigenvalue weighted by Crippen LogP contribution is -2.30. The van der Waals surface area contributed by atoms with Crippen molar-refractivity contribution in [1.82, 2.24) is 5.32 Å². The van der Waals surface area contributed by atoms with E-state index < -0.39 is 0 Å². The molecule has 0 aliphatic heterocycles. The van der Waals surface area contributed by atoms with Gasteiger partial charge in [0.15, 0.2) is 0 Å². The van der Waals surface area contributed by atoms with Crippen molar-refractivity contribution in [2.75, 3.05) is 26.9 Å². The standard InChI is InChI=1S/C33H42N6O2/c1-32(2)16-24(28(22-36)26(17-32)25(20-34)21-35)12-10-8-7-9-11-13-39-29-19-33(3,4)18-27(30(23-37)38-5)31(29)41-15-14-40-6/h39H,7-19H2,1-4,6H3/b30-27+. The van der Waals surface area contributed by atoms with Gasteiger partial charge in [0.05, 0.1) is 36.6 Å². The number of nitriles is 4. The molecule has 1 N–H and O–H groups in total. The van der Waals surface area contributed by atoms with Crippen molar-refractivity contribution >= 4 is 0 Å². The van der Waals surface area contributed by atoms with Gasteiger partial charge in [-0.15, -0.1) is 0 Å². The minimum atomic E-state index is -0.0977. The molecule has 0 heterocycles. The van der Waals surface area contributed by atoms with Crippen LogP contribution in [-0.2, 0) is 9.47 Å². The van der Waals surface area contributed by atoms with Gasteiger partial charge in [0.2, 0.25) is 0 Å². The number of unbranched alkanes of at least 4 members (excludes halogenated alkanes) is 4. The highest BCUT2D eigenvalue weighted by molar-refractivity contribution is 5.57. The molecule has 2 aliphatic carbocycles. The summed E-state index contributed by atoms with van der Waals surface area (Å²) in [6, 6.07) is 8.29. The highest BCUT2D eigenvalue weighted by Crippen LogP contribution is 2.45. The molecular weight excluding hydrogens is 512 g/mol. The number of methoxy groups -OCH3 is 1. The third-order valence-corrected chi connectivity index (χ3v) is 7.53. The Morgan fingerprint density at radius 2 is 1.49 bits per heavy atom. The Hall–Kier alpha value is -4.03. The Morgan fingerprint density at radius 1 is 0.854 bits per heavy atom. The first kappa shape index (κ1) is 33.2. The summed E-state index contributed by atoms with van der Waals surface area (Å²) in [5.41, 5.74) is 3.80. The lowest BCUT2D eigenvalue weighted by atomic mass is 9.70. The Bertz CT molecular complexity index is 1280. The number of hydrogen-bond acceptors (Lipinski definition) is 7. The molecule has 8 nitrogen and oxygen atoms in total. The van der Waals surface area contributed by atoms with E-state index in [0.717, 1.165) is 69.2 Å². The van der Waals surface area contributed by atoms with Crippen molar-refractivity contribution < 1.29 is 9.47 Å². The van der Waals surface area contributed by atoms with Gasteiger partial charge in [0.25, 0.3) is 5.70 Å². The Kier molecular flexibility index (Phi) is 12.7. The average molecular weight is 555 g/mol. The zero-order valence-corrected chi connectivity index (χ0v) is 25.2. The average Bonchev–Trinajstić information content (AvgIpc) is 2.92. The quantitative estimate of drug-likeness (QED) is 0.144. The highest BCUT2D eigenvalue weighted by atomic mass is 16.5. The lowest BCUT2D eigenvalue weighted by molar-refractivity contribution is 0.105. The fraction of sp³-hybridized carbons (Fsp3) is 0.606. The second-order valence-electron chi connectivity index (χ2n) is 12.3. The minimum absolute atomic E-state index is 0.0589. The van der Waals surface area contributed by atoms with Crippen LogP contribution in [0.15, 0.2) is 45.0 Å². The third kappa shape index (κ3) is 9.54. The molecule has 0 saturated heterocycles. The fourth-order valence-electron chi connectivity index (χ4n) is 5.73. The van der Waals surface area contributed by atoms with Crippen molar-refractivity contribution in [3.63, 3.8) is 0 Å². The van der Waals surface area contributed by atoms with Gasteiger partial charge >= 0.3 is 0 Å². The van der Waals surface area contributed by atoms with E-state index in [0.29, 0.717) is 48.5 Å². The predicted molar refractivity (Wildman–Crippen MR) is 157 cm³/mol. The summed E-state index contributed by atoms with van der Waals surface area (Å²) in [4.78, 5) is 3.46. The molecule has 0 atom stereocenters. The predicted octanol–water partition coefficient (Wildman–Crippen LogP) is 7.29. The van der Waals surface area contributed by atoms with Crippen molar-refractivity contribution in [1.29, 1.82) is 21.0 Å². The van der Waals surface area contributed by atoms with Crippen LogP contribution >= 0.6 is 0 Å². The maximum absolute atomic E-state index is 9.82. The molecule has 0 aromatic heterocycles. The van der Waals surface area contributed by atoms with Crippen molar-refractivity contribution in [2.45, 2.75) is 91.9 Å². The van der Waals surface area contributed by atoms with Crippen LogP contribution in [0.5, 0.6) is 0 Å². The summed E-state index contributed by atoms with van der Waals surface area (Å²) >= 11 is 0. The summed E-state index contributed by atoms with van der Waals surface area (Å²) in [7, 11) is 1.61. The molecule has 0 aromatic rings. The van der Waals surface area contributed by atoms with Gasteiger partial charge in [-0.05, 0) is 61.3 Å². The van der Waals surface area contributed by atoms with Crippen molar-refractivity contribution in [3.8, 4) is 24.3 Å². The topological polar surface area (TPSA) is 130 Å². The number of nitrogens with zero attached hydrogens (tertiary/aromatic N) is 5. The van der Waals surface area contributed by atoms with E-state index >= 15 is 0 Å². The third-order valence-electron chi connectivity index (χ3n) is 7.53. The van der Waals surface area contributed by atoms with E-state index in [1.165, 1.54) is 0 Å². The molecular formula is C33H42N6O2. The summed E-state index contributed by atoms with van der Waals surface area (Å²) < 4.78 is 11.2. The van der Waals surface area contributed by atoms with Gasteiger partial charge in [0, 0.05) is 19.2 Å².